The zero-order chi connectivity index (χ0) is 20.7. The lowest BCUT2D eigenvalue weighted by Crippen LogP contribution is -2.43. The van der Waals surface area contributed by atoms with E-state index in [1.54, 1.807) is 32.3 Å². The maximum atomic E-state index is 13.5. The minimum Gasteiger partial charge on any atom is -0.279 e. The number of para-hydroxylation sites is 1. The molecule has 0 aliphatic carbocycles. The molecule has 0 bridgehead atoms. The van der Waals surface area contributed by atoms with Crippen LogP contribution in [-0.2, 0) is 0 Å². The summed E-state index contributed by atoms with van der Waals surface area (Å²) in [5.41, 5.74) is 1.37. The summed E-state index contributed by atoms with van der Waals surface area (Å²) in [7, 11) is 0. The number of nitrogens with zero attached hydrogens (tertiary/aromatic N) is 6. The van der Waals surface area contributed by atoms with Crippen LogP contribution < -0.4 is 11.2 Å². The molecule has 0 aliphatic heterocycles. The third kappa shape index (κ3) is 2.84. The van der Waals surface area contributed by atoms with Crippen molar-refractivity contribution in [2.45, 2.75) is 26.8 Å². The van der Waals surface area contributed by atoms with E-state index in [-0.39, 0.29) is 5.69 Å². The molecule has 144 valence electrons. The molecule has 1 atom stereocenters. The van der Waals surface area contributed by atoms with Crippen molar-refractivity contribution in [2.24, 2.45) is 0 Å². The van der Waals surface area contributed by atoms with Gasteiger partial charge in [0.1, 0.15) is 6.04 Å². The number of hydrogen-bond donors (Lipinski definition) is 0. The van der Waals surface area contributed by atoms with Gasteiger partial charge < -0.3 is 0 Å². The van der Waals surface area contributed by atoms with Gasteiger partial charge in [0.25, 0.3) is 5.56 Å². The number of fused-ring (bicyclic) bond motifs is 1. The Bertz CT molecular complexity index is 1400. The van der Waals surface area contributed by atoms with Crippen molar-refractivity contribution in [2.75, 3.05) is 0 Å². The van der Waals surface area contributed by atoms with Crippen LogP contribution in [0.1, 0.15) is 24.2 Å². The Morgan fingerprint density at radius 2 is 1.86 bits per heavy atom. The molecule has 0 amide bonds. The number of pyridine rings is 1. The highest BCUT2D eigenvalue weighted by Gasteiger charge is 2.23. The van der Waals surface area contributed by atoms with Crippen LogP contribution in [0.25, 0.3) is 22.3 Å². The molecule has 0 saturated carbocycles. The summed E-state index contributed by atoms with van der Waals surface area (Å²) in [4.78, 5) is 30.8. The molecule has 1 aromatic carbocycles. The monoisotopic (exact) mass is 386 g/mol. The number of rotatable bonds is 3. The van der Waals surface area contributed by atoms with E-state index < -0.39 is 17.3 Å². The Hall–Kier alpha value is -3.99. The highest BCUT2D eigenvalue weighted by Crippen LogP contribution is 2.19. The van der Waals surface area contributed by atoms with Gasteiger partial charge in [-0.3, -0.25) is 14.3 Å². The van der Waals surface area contributed by atoms with E-state index in [1.165, 1.54) is 15.4 Å². The third-order valence-electron chi connectivity index (χ3n) is 4.89. The SMILES string of the molecule is Cc1cncc(-n2c(=O)c(-n3ncc4ccccc43)c(C)n(C(C)C#N)c2=O)c1. The van der Waals surface area contributed by atoms with Crippen molar-refractivity contribution in [1.29, 1.82) is 5.26 Å². The molecule has 1 unspecified atom stereocenters. The molecule has 0 saturated heterocycles. The Balaban J connectivity index is 2.17. The highest BCUT2D eigenvalue weighted by atomic mass is 16.2. The smallest absolute Gasteiger partial charge is 0.279 e. The predicted molar refractivity (Wildman–Crippen MR) is 109 cm³/mol. The number of benzene rings is 1. The zero-order valence-corrected chi connectivity index (χ0v) is 16.2. The molecule has 0 N–H and O–H groups in total. The third-order valence-corrected chi connectivity index (χ3v) is 4.89. The van der Waals surface area contributed by atoms with Gasteiger partial charge in [-0.25, -0.2) is 14.0 Å². The maximum absolute atomic E-state index is 13.5. The molecule has 8 nitrogen and oxygen atoms in total. The zero-order valence-electron chi connectivity index (χ0n) is 16.2. The summed E-state index contributed by atoms with van der Waals surface area (Å²) in [6.07, 6.45) is 4.76. The van der Waals surface area contributed by atoms with E-state index in [1.807, 2.05) is 31.2 Å². The highest BCUT2D eigenvalue weighted by molar-refractivity contribution is 5.80. The first-order valence-electron chi connectivity index (χ1n) is 9.07. The lowest BCUT2D eigenvalue weighted by molar-refractivity contribution is 0.575. The van der Waals surface area contributed by atoms with Gasteiger partial charge in [0.05, 0.1) is 35.4 Å². The van der Waals surface area contributed by atoms with Crippen LogP contribution in [0.3, 0.4) is 0 Å². The van der Waals surface area contributed by atoms with Crippen molar-refractivity contribution in [1.82, 2.24) is 23.9 Å². The van der Waals surface area contributed by atoms with Gasteiger partial charge >= 0.3 is 5.69 Å². The summed E-state index contributed by atoms with van der Waals surface area (Å²) in [6.45, 7) is 5.10. The standard InChI is InChI=1S/C21H18N6O2/c1-13-8-17(12-23-10-13)26-20(28)19(15(3)25(21(26)29)14(2)9-22)27-18-7-5-4-6-16(18)11-24-27/h4-8,10-12,14H,1-3H3. The summed E-state index contributed by atoms with van der Waals surface area (Å²) in [6, 6.07) is 10.5. The number of aromatic nitrogens is 5. The molecule has 29 heavy (non-hydrogen) atoms. The van der Waals surface area contributed by atoms with Gasteiger partial charge in [-0.15, -0.1) is 0 Å². The van der Waals surface area contributed by atoms with Gasteiger partial charge in [-0.05, 0) is 38.5 Å². The minimum atomic E-state index is -0.771. The van der Waals surface area contributed by atoms with E-state index in [0.29, 0.717) is 11.4 Å². The van der Waals surface area contributed by atoms with E-state index >= 15 is 0 Å². The van der Waals surface area contributed by atoms with Crippen LogP contribution in [-0.4, -0.2) is 23.9 Å². The van der Waals surface area contributed by atoms with E-state index in [9.17, 15) is 14.9 Å². The second-order valence-electron chi connectivity index (χ2n) is 6.87. The van der Waals surface area contributed by atoms with Crippen molar-refractivity contribution in [3.8, 4) is 17.4 Å². The molecular formula is C21H18N6O2. The summed E-state index contributed by atoms with van der Waals surface area (Å²) in [5.74, 6) is 0. The van der Waals surface area contributed by atoms with Crippen molar-refractivity contribution in [3.63, 3.8) is 0 Å². The predicted octanol–water partition coefficient (Wildman–Crippen LogP) is 2.43. The topological polar surface area (TPSA) is 98.5 Å². The fraction of sp³-hybridized carbons (Fsp3) is 0.190. The van der Waals surface area contributed by atoms with Crippen molar-refractivity contribution >= 4 is 10.9 Å². The molecule has 4 rings (SSSR count). The average molecular weight is 386 g/mol. The quantitative estimate of drug-likeness (QED) is 0.538. The lowest BCUT2D eigenvalue weighted by Gasteiger charge is -2.19. The molecule has 0 aliphatic rings. The number of nitriles is 1. The summed E-state index contributed by atoms with van der Waals surface area (Å²) >= 11 is 0. The largest absolute Gasteiger partial charge is 0.337 e. The van der Waals surface area contributed by atoms with Crippen LogP contribution in [0.4, 0.5) is 0 Å². The lowest BCUT2D eigenvalue weighted by atomic mass is 10.2. The van der Waals surface area contributed by atoms with Crippen molar-refractivity contribution in [3.05, 3.63) is 81.0 Å². The second kappa shape index (κ2) is 6.87. The van der Waals surface area contributed by atoms with Crippen molar-refractivity contribution < 1.29 is 0 Å². The van der Waals surface area contributed by atoms with E-state index in [4.69, 9.17) is 0 Å². The minimum absolute atomic E-state index is 0.217. The summed E-state index contributed by atoms with van der Waals surface area (Å²) in [5, 5.41) is 14.7. The summed E-state index contributed by atoms with van der Waals surface area (Å²) < 4.78 is 3.88. The molecule has 8 heteroatoms. The van der Waals surface area contributed by atoms with Crippen LogP contribution in [0.15, 0.2) is 58.5 Å². The van der Waals surface area contributed by atoms with Gasteiger partial charge in [0.15, 0.2) is 5.69 Å². The Morgan fingerprint density at radius 3 is 2.59 bits per heavy atom. The maximum Gasteiger partial charge on any atom is 0.337 e. The molecular weight excluding hydrogens is 368 g/mol. The first kappa shape index (κ1) is 18.4. The first-order chi connectivity index (χ1) is 13.9. The van der Waals surface area contributed by atoms with Crippen LogP contribution >= 0.6 is 0 Å². The van der Waals surface area contributed by atoms with Gasteiger partial charge in [-0.2, -0.15) is 10.4 Å². The Labute approximate surface area is 165 Å². The van der Waals surface area contributed by atoms with E-state index in [2.05, 4.69) is 16.2 Å². The van der Waals surface area contributed by atoms with Gasteiger partial charge in [-0.1, -0.05) is 18.2 Å². The van der Waals surface area contributed by atoms with Crippen LogP contribution in [0.5, 0.6) is 0 Å². The molecule has 3 heterocycles. The second-order valence-corrected chi connectivity index (χ2v) is 6.87. The molecule has 0 fully saturated rings. The normalized spacial score (nSPS) is 12.1. The number of aryl methyl sites for hydroxylation is 1. The molecule has 3 aromatic heterocycles. The molecule has 0 spiro atoms. The first-order valence-corrected chi connectivity index (χ1v) is 9.07. The van der Waals surface area contributed by atoms with E-state index in [0.717, 1.165) is 21.0 Å². The average Bonchev–Trinajstić information content (AvgIpc) is 3.12. The fourth-order valence-corrected chi connectivity index (χ4v) is 3.51. The van der Waals surface area contributed by atoms with Crippen LogP contribution in [0.2, 0.25) is 0 Å². The van der Waals surface area contributed by atoms with Gasteiger partial charge in [0.2, 0.25) is 0 Å². The molecule has 0 radical (unpaired) electrons. The van der Waals surface area contributed by atoms with Crippen LogP contribution in [0, 0.1) is 25.2 Å². The van der Waals surface area contributed by atoms with Gasteiger partial charge in [0, 0.05) is 11.6 Å². The Morgan fingerprint density at radius 1 is 1.10 bits per heavy atom. The number of hydrogen-bond acceptors (Lipinski definition) is 5. The molecule has 4 aromatic rings. The fourth-order valence-electron chi connectivity index (χ4n) is 3.51. The Kier molecular flexibility index (Phi) is 4.35.